The molecule has 0 aromatic heterocycles. The molecule has 0 aliphatic carbocycles. The first-order valence-electron chi connectivity index (χ1n) is 4.42. The third kappa shape index (κ3) is 2.61. The molecular formula is C10H10Cl2O2. The summed E-state index contributed by atoms with van der Waals surface area (Å²) in [5, 5.41) is 1.29. The number of benzene rings is 1. The molecule has 2 rings (SSSR count). The van der Waals surface area contributed by atoms with Crippen molar-refractivity contribution in [2.45, 2.75) is 12.7 Å². The molecule has 0 saturated carbocycles. The van der Waals surface area contributed by atoms with Gasteiger partial charge in [-0.25, -0.2) is 0 Å². The van der Waals surface area contributed by atoms with Gasteiger partial charge in [0.25, 0.3) is 0 Å². The SMILES string of the molecule is Clc1cc(Cl)cc(CC2OCCO2)c1. The number of rotatable bonds is 2. The van der Waals surface area contributed by atoms with Gasteiger partial charge in [-0.15, -0.1) is 0 Å². The highest BCUT2D eigenvalue weighted by Crippen LogP contribution is 2.21. The fourth-order valence-electron chi connectivity index (χ4n) is 1.45. The van der Waals surface area contributed by atoms with Crippen LogP contribution in [0, 0.1) is 0 Å². The Kier molecular flexibility index (Phi) is 3.29. The van der Waals surface area contributed by atoms with Crippen LogP contribution < -0.4 is 0 Å². The third-order valence-corrected chi connectivity index (χ3v) is 2.45. The van der Waals surface area contributed by atoms with Crippen molar-refractivity contribution in [3.63, 3.8) is 0 Å². The van der Waals surface area contributed by atoms with Crippen LogP contribution in [-0.4, -0.2) is 19.5 Å². The van der Waals surface area contributed by atoms with E-state index in [0.29, 0.717) is 29.7 Å². The van der Waals surface area contributed by atoms with Crippen LogP contribution in [0.4, 0.5) is 0 Å². The van der Waals surface area contributed by atoms with Gasteiger partial charge < -0.3 is 9.47 Å². The van der Waals surface area contributed by atoms with E-state index in [1.54, 1.807) is 6.07 Å². The molecule has 1 heterocycles. The Balaban J connectivity index is 2.07. The maximum absolute atomic E-state index is 5.87. The minimum atomic E-state index is -0.149. The van der Waals surface area contributed by atoms with Gasteiger partial charge in [-0.2, -0.15) is 0 Å². The zero-order valence-corrected chi connectivity index (χ0v) is 9.02. The number of ether oxygens (including phenoxy) is 2. The van der Waals surface area contributed by atoms with Crippen LogP contribution >= 0.6 is 23.2 Å². The summed E-state index contributed by atoms with van der Waals surface area (Å²) in [6.45, 7) is 1.33. The Morgan fingerprint density at radius 2 is 1.64 bits per heavy atom. The fraction of sp³-hybridized carbons (Fsp3) is 0.400. The zero-order valence-electron chi connectivity index (χ0n) is 7.50. The molecule has 2 nitrogen and oxygen atoms in total. The van der Waals surface area contributed by atoms with Crippen molar-refractivity contribution in [3.05, 3.63) is 33.8 Å². The Morgan fingerprint density at radius 3 is 2.21 bits per heavy atom. The van der Waals surface area contributed by atoms with E-state index in [1.807, 2.05) is 12.1 Å². The normalized spacial score (nSPS) is 17.6. The van der Waals surface area contributed by atoms with E-state index < -0.39 is 0 Å². The molecule has 0 bridgehead atoms. The summed E-state index contributed by atoms with van der Waals surface area (Å²) in [5.74, 6) is 0. The molecular weight excluding hydrogens is 223 g/mol. The molecule has 1 aromatic carbocycles. The first kappa shape index (κ1) is 10.2. The lowest BCUT2D eigenvalue weighted by molar-refractivity contribution is -0.0399. The standard InChI is InChI=1S/C10H10Cl2O2/c11-8-3-7(4-9(12)6-8)5-10-13-1-2-14-10/h3-4,6,10H,1-2,5H2. The summed E-state index contributed by atoms with van der Waals surface area (Å²) in [6.07, 6.45) is 0.546. The van der Waals surface area contributed by atoms with E-state index >= 15 is 0 Å². The molecule has 4 heteroatoms. The van der Waals surface area contributed by atoms with Crippen molar-refractivity contribution < 1.29 is 9.47 Å². The predicted molar refractivity (Wildman–Crippen MR) is 55.9 cm³/mol. The van der Waals surface area contributed by atoms with Gasteiger partial charge in [-0.3, -0.25) is 0 Å². The van der Waals surface area contributed by atoms with E-state index in [4.69, 9.17) is 32.7 Å². The Hall–Kier alpha value is -0.280. The van der Waals surface area contributed by atoms with Crippen molar-refractivity contribution in [1.82, 2.24) is 0 Å². The summed E-state index contributed by atoms with van der Waals surface area (Å²) >= 11 is 11.7. The highest BCUT2D eigenvalue weighted by Gasteiger charge is 2.16. The van der Waals surface area contributed by atoms with Crippen molar-refractivity contribution in [2.24, 2.45) is 0 Å². The number of halogens is 2. The van der Waals surface area contributed by atoms with E-state index in [1.165, 1.54) is 0 Å². The Bertz CT molecular complexity index is 302. The second-order valence-corrected chi connectivity index (χ2v) is 4.03. The smallest absolute Gasteiger partial charge is 0.161 e. The second-order valence-electron chi connectivity index (χ2n) is 3.15. The van der Waals surface area contributed by atoms with Gasteiger partial charge in [0.05, 0.1) is 13.2 Å². The van der Waals surface area contributed by atoms with E-state index in [2.05, 4.69) is 0 Å². The molecule has 1 aliphatic heterocycles. The largest absolute Gasteiger partial charge is 0.350 e. The highest BCUT2D eigenvalue weighted by atomic mass is 35.5. The highest BCUT2D eigenvalue weighted by molar-refractivity contribution is 6.34. The van der Waals surface area contributed by atoms with E-state index in [-0.39, 0.29) is 6.29 Å². The first-order chi connectivity index (χ1) is 6.74. The van der Waals surface area contributed by atoms with Crippen LogP contribution in [0.25, 0.3) is 0 Å². The quantitative estimate of drug-likeness (QED) is 0.781. The molecule has 1 fully saturated rings. The molecule has 0 amide bonds. The van der Waals surface area contributed by atoms with Gasteiger partial charge in [0.2, 0.25) is 0 Å². The van der Waals surface area contributed by atoms with Crippen molar-refractivity contribution in [2.75, 3.05) is 13.2 Å². The lowest BCUT2D eigenvalue weighted by Gasteiger charge is -2.09. The third-order valence-electron chi connectivity index (χ3n) is 2.02. The maximum atomic E-state index is 5.87. The van der Waals surface area contributed by atoms with E-state index in [0.717, 1.165) is 5.56 Å². The molecule has 1 aromatic rings. The van der Waals surface area contributed by atoms with Crippen LogP contribution in [0.1, 0.15) is 5.56 Å². The monoisotopic (exact) mass is 232 g/mol. The molecule has 0 unspecified atom stereocenters. The van der Waals surface area contributed by atoms with E-state index in [9.17, 15) is 0 Å². The summed E-state index contributed by atoms with van der Waals surface area (Å²) < 4.78 is 10.7. The van der Waals surface area contributed by atoms with Crippen LogP contribution in [0.15, 0.2) is 18.2 Å². The molecule has 1 aliphatic rings. The average molecular weight is 233 g/mol. The van der Waals surface area contributed by atoms with Gasteiger partial charge in [-0.05, 0) is 23.8 Å². The van der Waals surface area contributed by atoms with Crippen LogP contribution in [0.2, 0.25) is 10.0 Å². The van der Waals surface area contributed by atoms with Crippen LogP contribution in [0.5, 0.6) is 0 Å². The average Bonchev–Trinajstić information content (AvgIpc) is 2.54. The summed E-state index contributed by atoms with van der Waals surface area (Å²) in [6, 6.07) is 5.46. The Labute approximate surface area is 92.7 Å². The molecule has 14 heavy (non-hydrogen) atoms. The van der Waals surface area contributed by atoms with Gasteiger partial charge in [0.1, 0.15) is 0 Å². The maximum Gasteiger partial charge on any atom is 0.161 e. The lowest BCUT2D eigenvalue weighted by Crippen LogP contribution is -2.11. The predicted octanol–water partition coefficient (Wildman–Crippen LogP) is 2.91. The van der Waals surface area contributed by atoms with Gasteiger partial charge >= 0.3 is 0 Å². The second kappa shape index (κ2) is 4.49. The van der Waals surface area contributed by atoms with Crippen molar-refractivity contribution >= 4 is 23.2 Å². The minimum absolute atomic E-state index is 0.149. The lowest BCUT2D eigenvalue weighted by atomic mass is 10.1. The first-order valence-corrected chi connectivity index (χ1v) is 5.18. The van der Waals surface area contributed by atoms with Crippen LogP contribution in [0.3, 0.4) is 0 Å². The number of hydrogen-bond donors (Lipinski definition) is 0. The number of hydrogen-bond acceptors (Lipinski definition) is 2. The van der Waals surface area contributed by atoms with Crippen molar-refractivity contribution in [1.29, 1.82) is 0 Å². The summed E-state index contributed by atoms with van der Waals surface area (Å²) in [5.41, 5.74) is 1.04. The van der Waals surface area contributed by atoms with Gasteiger partial charge in [0.15, 0.2) is 6.29 Å². The van der Waals surface area contributed by atoms with Gasteiger partial charge in [0, 0.05) is 16.5 Å². The Morgan fingerprint density at radius 1 is 1.07 bits per heavy atom. The minimum Gasteiger partial charge on any atom is -0.350 e. The molecule has 0 spiro atoms. The molecule has 0 N–H and O–H groups in total. The zero-order chi connectivity index (χ0) is 9.97. The molecule has 0 radical (unpaired) electrons. The van der Waals surface area contributed by atoms with Gasteiger partial charge in [-0.1, -0.05) is 23.2 Å². The van der Waals surface area contributed by atoms with Crippen LogP contribution in [-0.2, 0) is 15.9 Å². The molecule has 1 saturated heterocycles. The van der Waals surface area contributed by atoms with Crippen molar-refractivity contribution in [3.8, 4) is 0 Å². The summed E-state index contributed by atoms with van der Waals surface area (Å²) in [7, 11) is 0. The fourth-order valence-corrected chi connectivity index (χ4v) is 2.02. The molecule has 76 valence electrons. The topological polar surface area (TPSA) is 18.5 Å². The summed E-state index contributed by atoms with van der Waals surface area (Å²) in [4.78, 5) is 0. The molecule has 0 atom stereocenters.